The summed E-state index contributed by atoms with van der Waals surface area (Å²) in [5, 5.41) is 3.99. The van der Waals surface area contributed by atoms with Crippen LogP contribution in [0.5, 0.6) is 0 Å². The minimum absolute atomic E-state index is 0.0771. The van der Waals surface area contributed by atoms with Gasteiger partial charge in [-0.05, 0) is 42.8 Å². The normalized spacial score (nSPS) is 14.9. The molecule has 0 amide bonds. The zero-order chi connectivity index (χ0) is 20.1. The Bertz CT molecular complexity index is 1010. The zero-order valence-electron chi connectivity index (χ0n) is 16.5. The highest BCUT2D eigenvalue weighted by Gasteiger charge is 2.13. The van der Waals surface area contributed by atoms with Crippen molar-refractivity contribution in [3.63, 3.8) is 0 Å². The van der Waals surface area contributed by atoms with Crippen molar-refractivity contribution in [1.29, 1.82) is 0 Å². The molecular formula is C22H27N5O2. The van der Waals surface area contributed by atoms with Gasteiger partial charge in [0, 0.05) is 26.2 Å². The Morgan fingerprint density at radius 1 is 1.07 bits per heavy atom. The van der Waals surface area contributed by atoms with Gasteiger partial charge in [-0.3, -0.25) is 9.69 Å². The van der Waals surface area contributed by atoms with Gasteiger partial charge in [-0.2, -0.15) is 0 Å². The van der Waals surface area contributed by atoms with Crippen LogP contribution in [-0.2, 0) is 11.3 Å². The smallest absolute Gasteiger partial charge is 0.267 e. The lowest BCUT2D eigenvalue weighted by Crippen LogP contribution is -2.37. The molecule has 0 atom stereocenters. The second-order valence-electron chi connectivity index (χ2n) is 7.20. The topological polar surface area (TPSA) is 85.4 Å². The summed E-state index contributed by atoms with van der Waals surface area (Å²) in [7, 11) is 0. The fourth-order valence-electron chi connectivity index (χ4n) is 3.60. The van der Waals surface area contributed by atoms with E-state index in [1.54, 1.807) is 4.57 Å². The molecule has 1 fully saturated rings. The van der Waals surface area contributed by atoms with E-state index in [0.29, 0.717) is 23.4 Å². The summed E-state index contributed by atoms with van der Waals surface area (Å²) >= 11 is 0. The minimum Gasteiger partial charge on any atom is -0.379 e. The van der Waals surface area contributed by atoms with Crippen molar-refractivity contribution in [3.8, 4) is 5.69 Å². The first kappa shape index (κ1) is 19.6. The van der Waals surface area contributed by atoms with Crippen LogP contribution in [0.1, 0.15) is 12.0 Å². The monoisotopic (exact) mass is 393 g/mol. The SMILES string of the molecule is NCc1ccc(-n2c(NCCCN3CCOCC3)nc3ccccc3c2=O)cc1. The molecular weight excluding hydrogens is 366 g/mol. The van der Waals surface area contributed by atoms with E-state index in [1.165, 1.54) is 0 Å². The quantitative estimate of drug-likeness (QED) is 0.597. The first-order valence-corrected chi connectivity index (χ1v) is 10.1. The predicted octanol–water partition coefficient (Wildman–Crippen LogP) is 1.98. The Morgan fingerprint density at radius 3 is 2.59 bits per heavy atom. The van der Waals surface area contributed by atoms with E-state index in [-0.39, 0.29) is 5.56 Å². The van der Waals surface area contributed by atoms with E-state index in [2.05, 4.69) is 10.2 Å². The molecule has 1 aliphatic rings. The number of hydrogen-bond donors (Lipinski definition) is 2. The van der Waals surface area contributed by atoms with Crippen molar-refractivity contribution in [2.45, 2.75) is 13.0 Å². The van der Waals surface area contributed by atoms with Gasteiger partial charge >= 0.3 is 0 Å². The molecule has 1 aliphatic heterocycles. The lowest BCUT2D eigenvalue weighted by molar-refractivity contribution is 0.0378. The summed E-state index contributed by atoms with van der Waals surface area (Å²) in [6, 6.07) is 15.2. The molecule has 152 valence electrons. The number of para-hydroxylation sites is 1. The van der Waals surface area contributed by atoms with Crippen LogP contribution in [0.2, 0.25) is 0 Å². The molecule has 0 saturated carbocycles. The zero-order valence-corrected chi connectivity index (χ0v) is 16.5. The molecule has 0 radical (unpaired) electrons. The first-order valence-electron chi connectivity index (χ1n) is 10.1. The summed E-state index contributed by atoms with van der Waals surface area (Å²) in [4.78, 5) is 20.4. The summed E-state index contributed by atoms with van der Waals surface area (Å²) in [5.74, 6) is 0.566. The average Bonchev–Trinajstić information content (AvgIpc) is 2.78. The molecule has 29 heavy (non-hydrogen) atoms. The molecule has 4 rings (SSSR count). The van der Waals surface area contributed by atoms with Crippen molar-refractivity contribution < 1.29 is 4.74 Å². The fraction of sp³-hybridized carbons (Fsp3) is 0.364. The van der Waals surface area contributed by atoms with Crippen LogP contribution in [-0.4, -0.2) is 53.8 Å². The van der Waals surface area contributed by atoms with E-state index in [0.717, 1.165) is 57.1 Å². The Morgan fingerprint density at radius 2 is 1.83 bits per heavy atom. The van der Waals surface area contributed by atoms with Crippen molar-refractivity contribution in [2.75, 3.05) is 44.7 Å². The number of nitrogens with zero attached hydrogens (tertiary/aromatic N) is 3. The van der Waals surface area contributed by atoms with Crippen molar-refractivity contribution >= 4 is 16.9 Å². The number of fused-ring (bicyclic) bond motifs is 1. The maximum absolute atomic E-state index is 13.2. The molecule has 2 heterocycles. The average molecular weight is 393 g/mol. The van der Waals surface area contributed by atoms with Crippen LogP contribution in [0.3, 0.4) is 0 Å². The lowest BCUT2D eigenvalue weighted by Gasteiger charge is -2.26. The highest BCUT2D eigenvalue weighted by molar-refractivity contribution is 5.79. The third-order valence-corrected chi connectivity index (χ3v) is 5.24. The highest BCUT2D eigenvalue weighted by Crippen LogP contribution is 2.17. The first-order chi connectivity index (χ1) is 14.3. The molecule has 1 aromatic heterocycles. The number of aromatic nitrogens is 2. The molecule has 1 saturated heterocycles. The molecule has 2 aromatic carbocycles. The standard InChI is InChI=1S/C22H27N5O2/c23-16-17-6-8-18(9-7-17)27-21(28)19-4-1-2-5-20(19)25-22(27)24-10-3-11-26-12-14-29-15-13-26/h1-2,4-9H,3,10-16,23H2,(H,24,25). The van der Waals surface area contributed by atoms with Crippen LogP contribution in [0, 0.1) is 0 Å². The van der Waals surface area contributed by atoms with Crippen molar-refractivity contribution in [2.24, 2.45) is 5.73 Å². The molecule has 3 N–H and O–H groups in total. The van der Waals surface area contributed by atoms with Crippen LogP contribution in [0.15, 0.2) is 53.3 Å². The maximum atomic E-state index is 13.2. The predicted molar refractivity (Wildman–Crippen MR) is 116 cm³/mol. The van der Waals surface area contributed by atoms with Gasteiger partial charge in [0.15, 0.2) is 0 Å². The molecule has 0 bridgehead atoms. The van der Waals surface area contributed by atoms with Crippen LogP contribution < -0.4 is 16.6 Å². The Labute approximate surface area is 170 Å². The second kappa shape index (κ2) is 9.17. The highest BCUT2D eigenvalue weighted by atomic mass is 16.5. The number of benzene rings is 2. The van der Waals surface area contributed by atoms with Crippen molar-refractivity contribution in [1.82, 2.24) is 14.5 Å². The number of nitrogens with one attached hydrogen (secondary N) is 1. The third kappa shape index (κ3) is 4.48. The van der Waals surface area contributed by atoms with Gasteiger partial charge in [-0.25, -0.2) is 9.55 Å². The number of nitrogens with two attached hydrogens (primary N) is 1. The van der Waals surface area contributed by atoms with Gasteiger partial charge in [0.05, 0.1) is 29.8 Å². The van der Waals surface area contributed by atoms with E-state index < -0.39 is 0 Å². The van der Waals surface area contributed by atoms with E-state index in [9.17, 15) is 4.79 Å². The van der Waals surface area contributed by atoms with E-state index in [1.807, 2.05) is 48.5 Å². The van der Waals surface area contributed by atoms with Gasteiger partial charge < -0.3 is 15.8 Å². The van der Waals surface area contributed by atoms with Crippen LogP contribution in [0.25, 0.3) is 16.6 Å². The third-order valence-electron chi connectivity index (χ3n) is 5.24. The Kier molecular flexibility index (Phi) is 6.19. The number of ether oxygens (including phenoxy) is 1. The number of rotatable bonds is 7. The fourth-order valence-corrected chi connectivity index (χ4v) is 3.60. The number of anilines is 1. The van der Waals surface area contributed by atoms with Crippen molar-refractivity contribution in [3.05, 3.63) is 64.4 Å². The molecule has 3 aromatic rings. The Balaban J connectivity index is 1.59. The summed E-state index contributed by atoms with van der Waals surface area (Å²) in [6.45, 7) is 5.77. The molecule has 0 aliphatic carbocycles. The van der Waals surface area contributed by atoms with Crippen LogP contribution in [0.4, 0.5) is 5.95 Å². The number of hydrogen-bond acceptors (Lipinski definition) is 6. The molecule has 0 unspecified atom stereocenters. The van der Waals surface area contributed by atoms with E-state index >= 15 is 0 Å². The lowest BCUT2D eigenvalue weighted by atomic mass is 10.2. The van der Waals surface area contributed by atoms with Gasteiger partial charge in [-0.1, -0.05) is 24.3 Å². The van der Waals surface area contributed by atoms with Gasteiger partial charge in [0.1, 0.15) is 0 Å². The summed E-state index contributed by atoms with van der Waals surface area (Å²) in [6.07, 6.45) is 0.967. The summed E-state index contributed by atoms with van der Waals surface area (Å²) in [5.41, 5.74) is 8.13. The number of morpholine rings is 1. The van der Waals surface area contributed by atoms with Gasteiger partial charge in [-0.15, -0.1) is 0 Å². The van der Waals surface area contributed by atoms with E-state index in [4.69, 9.17) is 15.5 Å². The molecule has 7 nitrogen and oxygen atoms in total. The minimum atomic E-state index is -0.0771. The molecule has 7 heteroatoms. The van der Waals surface area contributed by atoms with Crippen LogP contribution >= 0.6 is 0 Å². The largest absolute Gasteiger partial charge is 0.379 e. The second-order valence-corrected chi connectivity index (χ2v) is 7.20. The Hall–Kier alpha value is -2.74. The van der Waals surface area contributed by atoms with Gasteiger partial charge in [0.2, 0.25) is 5.95 Å². The maximum Gasteiger partial charge on any atom is 0.267 e. The molecule has 0 spiro atoms. The summed E-state index contributed by atoms with van der Waals surface area (Å²) < 4.78 is 7.05. The van der Waals surface area contributed by atoms with Gasteiger partial charge in [0.25, 0.3) is 5.56 Å².